The highest BCUT2D eigenvalue weighted by molar-refractivity contribution is 5.38. The average molecular weight is 179 g/mol. The molecular weight excluding hydrogens is 174 g/mol. The summed E-state index contributed by atoms with van der Waals surface area (Å²) in [5, 5.41) is 18.7. The Labute approximate surface area is 72.6 Å². The number of aromatic amines is 1. The monoisotopic (exact) mass is 179 g/mol. The zero-order valence-electron chi connectivity index (χ0n) is 6.48. The minimum Gasteiger partial charge on any atom is -0.323 e. The van der Waals surface area contributed by atoms with E-state index in [4.69, 9.17) is 5.26 Å². The van der Waals surface area contributed by atoms with Gasteiger partial charge in [0.2, 0.25) is 0 Å². The maximum atomic E-state index is 10.9. The molecule has 1 aromatic heterocycles. The number of H-pyrrole nitrogens is 1. The fraction of sp³-hybridized carbons (Fsp3) is 0.143. The summed E-state index contributed by atoms with van der Waals surface area (Å²) >= 11 is 0. The lowest BCUT2D eigenvalue weighted by molar-refractivity contribution is -0.387. The molecular formula is C7H5N3O3. The molecule has 6 heteroatoms. The van der Waals surface area contributed by atoms with Gasteiger partial charge in [-0.3, -0.25) is 14.9 Å². The van der Waals surface area contributed by atoms with Crippen LogP contribution >= 0.6 is 0 Å². The predicted molar refractivity (Wildman–Crippen MR) is 43.0 cm³/mol. The number of pyridine rings is 1. The molecule has 0 bridgehead atoms. The minimum absolute atomic E-state index is 0.135. The van der Waals surface area contributed by atoms with Crippen molar-refractivity contribution in [3.05, 3.63) is 38.3 Å². The van der Waals surface area contributed by atoms with Crippen molar-refractivity contribution in [2.45, 2.75) is 6.42 Å². The van der Waals surface area contributed by atoms with Gasteiger partial charge < -0.3 is 4.98 Å². The van der Waals surface area contributed by atoms with Gasteiger partial charge in [-0.25, -0.2) is 0 Å². The predicted octanol–water partition coefficient (Wildman–Crippen LogP) is 0.349. The molecule has 6 nitrogen and oxygen atoms in total. The maximum absolute atomic E-state index is 10.9. The molecule has 0 aliphatic carbocycles. The Kier molecular flexibility index (Phi) is 2.40. The normalized spacial score (nSPS) is 9.15. The molecule has 0 aliphatic heterocycles. The molecule has 0 saturated carbocycles. The minimum atomic E-state index is -0.786. The number of hydrogen-bond acceptors (Lipinski definition) is 4. The molecule has 0 fully saturated rings. The van der Waals surface area contributed by atoms with Gasteiger partial charge in [0.25, 0.3) is 0 Å². The molecule has 1 aromatic rings. The van der Waals surface area contributed by atoms with Crippen molar-refractivity contribution in [2.24, 2.45) is 0 Å². The molecule has 0 aromatic carbocycles. The molecule has 1 N–H and O–H groups in total. The van der Waals surface area contributed by atoms with E-state index >= 15 is 0 Å². The Morgan fingerprint density at radius 1 is 1.69 bits per heavy atom. The molecule has 1 heterocycles. The van der Waals surface area contributed by atoms with Gasteiger partial charge in [-0.15, -0.1) is 0 Å². The molecule has 0 aliphatic rings. The SMILES string of the molecule is N#CCc1cc[nH]c(=O)c1[N+](=O)[O-]. The van der Waals surface area contributed by atoms with Crippen molar-refractivity contribution in [1.82, 2.24) is 4.98 Å². The van der Waals surface area contributed by atoms with E-state index in [0.717, 1.165) is 0 Å². The summed E-state index contributed by atoms with van der Waals surface area (Å²) in [6, 6.07) is 3.10. The third-order valence-electron chi connectivity index (χ3n) is 1.47. The van der Waals surface area contributed by atoms with E-state index in [1.807, 2.05) is 0 Å². The molecule has 0 atom stereocenters. The zero-order chi connectivity index (χ0) is 9.84. The van der Waals surface area contributed by atoms with Crippen molar-refractivity contribution >= 4 is 5.69 Å². The van der Waals surface area contributed by atoms with E-state index in [1.165, 1.54) is 12.3 Å². The largest absolute Gasteiger partial charge is 0.338 e. The van der Waals surface area contributed by atoms with Crippen LogP contribution in [0.25, 0.3) is 0 Å². The third kappa shape index (κ3) is 1.70. The summed E-state index contributed by atoms with van der Waals surface area (Å²) < 4.78 is 0. The van der Waals surface area contributed by atoms with Crippen LogP contribution < -0.4 is 5.56 Å². The lowest BCUT2D eigenvalue weighted by Gasteiger charge is -1.94. The number of nitro groups is 1. The Bertz CT molecular complexity index is 429. The van der Waals surface area contributed by atoms with E-state index in [9.17, 15) is 14.9 Å². The molecule has 66 valence electrons. The highest BCUT2D eigenvalue weighted by Crippen LogP contribution is 2.11. The van der Waals surface area contributed by atoms with Crippen molar-refractivity contribution in [1.29, 1.82) is 5.26 Å². The van der Waals surface area contributed by atoms with Gasteiger partial charge >= 0.3 is 11.2 Å². The topological polar surface area (TPSA) is 99.8 Å². The van der Waals surface area contributed by atoms with E-state index in [-0.39, 0.29) is 12.0 Å². The summed E-state index contributed by atoms with van der Waals surface area (Å²) in [6.45, 7) is 0. The molecule has 0 radical (unpaired) electrons. The Morgan fingerprint density at radius 3 is 2.92 bits per heavy atom. The molecule has 0 amide bonds. The standard InChI is InChI=1S/C7H5N3O3/c8-3-1-5-2-4-9-7(11)6(5)10(12)13/h2,4H,1H2,(H,9,11). The van der Waals surface area contributed by atoms with Crippen molar-refractivity contribution in [3.63, 3.8) is 0 Å². The van der Waals surface area contributed by atoms with Crippen LogP contribution in [0.5, 0.6) is 0 Å². The third-order valence-corrected chi connectivity index (χ3v) is 1.47. The summed E-state index contributed by atoms with van der Waals surface area (Å²) in [5.41, 5.74) is -1.20. The Balaban J connectivity index is 3.36. The second-order valence-electron chi connectivity index (χ2n) is 2.27. The molecule has 0 unspecified atom stereocenters. The first-order valence-corrected chi connectivity index (χ1v) is 3.38. The highest BCUT2D eigenvalue weighted by atomic mass is 16.6. The van der Waals surface area contributed by atoms with Gasteiger partial charge in [-0.05, 0) is 6.07 Å². The van der Waals surface area contributed by atoms with Crippen LogP contribution in [0.3, 0.4) is 0 Å². The number of hydrogen-bond donors (Lipinski definition) is 1. The molecule has 13 heavy (non-hydrogen) atoms. The van der Waals surface area contributed by atoms with Gasteiger partial charge in [0.1, 0.15) is 0 Å². The average Bonchev–Trinajstić information content (AvgIpc) is 2.04. The van der Waals surface area contributed by atoms with Crippen LogP contribution in [0.15, 0.2) is 17.1 Å². The van der Waals surface area contributed by atoms with Crippen LogP contribution in [0.1, 0.15) is 5.56 Å². The van der Waals surface area contributed by atoms with Crippen LogP contribution in [0.2, 0.25) is 0 Å². The smallest absolute Gasteiger partial charge is 0.323 e. The van der Waals surface area contributed by atoms with Crippen LogP contribution in [0, 0.1) is 21.4 Å². The van der Waals surface area contributed by atoms with Gasteiger partial charge in [0.05, 0.1) is 23.0 Å². The first kappa shape index (κ1) is 8.93. The number of nitriles is 1. The quantitative estimate of drug-likeness (QED) is 0.522. The Hall–Kier alpha value is -2.16. The first-order chi connectivity index (χ1) is 6.16. The summed E-state index contributed by atoms with van der Waals surface area (Å²) in [4.78, 5) is 22.7. The second kappa shape index (κ2) is 3.49. The zero-order valence-corrected chi connectivity index (χ0v) is 6.48. The van der Waals surface area contributed by atoms with E-state index < -0.39 is 16.2 Å². The van der Waals surface area contributed by atoms with Crippen LogP contribution in [-0.2, 0) is 6.42 Å². The van der Waals surface area contributed by atoms with Crippen molar-refractivity contribution < 1.29 is 4.92 Å². The van der Waals surface area contributed by atoms with Gasteiger partial charge in [-0.2, -0.15) is 5.26 Å². The van der Waals surface area contributed by atoms with Crippen molar-refractivity contribution in [3.8, 4) is 6.07 Å². The molecule has 0 spiro atoms. The van der Waals surface area contributed by atoms with Gasteiger partial charge in [-0.1, -0.05) is 0 Å². The number of nitrogens with one attached hydrogen (secondary N) is 1. The van der Waals surface area contributed by atoms with Crippen molar-refractivity contribution in [2.75, 3.05) is 0 Å². The summed E-state index contributed by atoms with van der Waals surface area (Å²) in [6.07, 6.45) is 1.14. The number of rotatable bonds is 2. The van der Waals surface area contributed by atoms with E-state index in [0.29, 0.717) is 0 Å². The molecule has 0 saturated heterocycles. The fourth-order valence-corrected chi connectivity index (χ4v) is 0.939. The highest BCUT2D eigenvalue weighted by Gasteiger charge is 2.17. The lowest BCUT2D eigenvalue weighted by Crippen LogP contribution is -2.13. The molecule has 1 rings (SSSR count). The van der Waals surface area contributed by atoms with E-state index in [2.05, 4.69) is 4.98 Å². The fourth-order valence-electron chi connectivity index (χ4n) is 0.939. The Morgan fingerprint density at radius 2 is 2.38 bits per heavy atom. The second-order valence-corrected chi connectivity index (χ2v) is 2.27. The van der Waals surface area contributed by atoms with Gasteiger partial charge in [0.15, 0.2) is 0 Å². The number of aromatic nitrogens is 1. The first-order valence-electron chi connectivity index (χ1n) is 3.38. The summed E-state index contributed by atoms with van der Waals surface area (Å²) in [7, 11) is 0. The van der Waals surface area contributed by atoms with Crippen LogP contribution in [0.4, 0.5) is 5.69 Å². The van der Waals surface area contributed by atoms with Gasteiger partial charge in [0, 0.05) is 6.20 Å². The van der Waals surface area contributed by atoms with Crippen LogP contribution in [-0.4, -0.2) is 9.91 Å². The van der Waals surface area contributed by atoms with E-state index in [1.54, 1.807) is 6.07 Å². The number of nitrogens with zero attached hydrogens (tertiary/aromatic N) is 2. The summed E-state index contributed by atoms with van der Waals surface area (Å²) in [5.74, 6) is 0. The lowest BCUT2D eigenvalue weighted by atomic mass is 10.2. The maximum Gasteiger partial charge on any atom is 0.338 e.